The zero-order valence-corrected chi connectivity index (χ0v) is 22.9. The van der Waals surface area contributed by atoms with E-state index in [2.05, 4.69) is 95.0 Å². The van der Waals surface area contributed by atoms with E-state index in [0.29, 0.717) is 5.54 Å². The van der Waals surface area contributed by atoms with Crippen LogP contribution in [0.4, 0.5) is 0 Å². The highest BCUT2D eigenvalue weighted by atomic mass is 16.5. The molecular weight excluding hydrogens is 442 g/mol. The van der Waals surface area contributed by atoms with E-state index in [4.69, 9.17) is 9.47 Å². The maximum absolute atomic E-state index is 6.60. The number of aryl methyl sites for hydroxylation is 3. The van der Waals surface area contributed by atoms with Gasteiger partial charge in [0.2, 0.25) is 0 Å². The van der Waals surface area contributed by atoms with Crippen molar-refractivity contribution in [1.29, 1.82) is 0 Å². The molecular formula is C33H41NO2. The molecule has 1 atom stereocenters. The van der Waals surface area contributed by atoms with Crippen LogP contribution < -0.4 is 9.47 Å². The number of fused-ring (bicyclic) bond motifs is 1. The largest absolute Gasteiger partial charge is 0.493 e. The molecule has 0 radical (unpaired) electrons. The van der Waals surface area contributed by atoms with Crippen molar-refractivity contribution >= 4 is 0 Å². The number of hydrogen-bond donors (Lipinski definition) is 0. The molecule has 1 aliphatic heterocycles. The van der Waals surface area contributed by atoms with Gasteiger partial charge in [-0.3, -0.25) is 4.90 Å². The van der Waals surface area contributed by atoms with E-state index < -0.39 is 0 Å². The van der Waals surface area contributed by atoms with E-state index in [0.717, 1.165) is 43.9 Å². The summed E-state index contributed by atoms with van der Waals surface area (Å²) in [6, 6.07) is 17.6. The molecule has 0 N–H and O–H groups in total. The number of ether oxygens (including phenoxy) is 2. The summed E-state index contributed by atoms with van der Waals surface area (Å²) in [4.78, 5) is 2.56. The first-order valence-electron chi connectivity index (χ1n) is 13.6. The van der Waals surface area contributed by atoms with Gasteiger partial charge in [-0.1, -0.05) is 36.4 Å². The van der Waals surface area contributed by atoms with E-state index in [9.17, 15) is 0 Å². The van der Waals surface area contributed by atoms with E-state index in [1.807, 2.05) is 0 Å². The van der Waals surface area contributed by atoms with Gasteiger partial charge in [0.1, 0.15) is 17.6 Å². The van der Waals surface area contributed by atoms with Crippen molar-refractivity contribution < 1.29 is 9.47 Å². The van der Waals surface area contributed by atoms with Crippen molar-refractivity contribution in [2.45, 2.75) is 78.9 Å². The van der Waals surface area contributed by atoms with E-state index in [1.165, 1.54) is 57.5 Å². The number of nitrogens with zero attached hydrogens (tertiary/aromatic N) is 1. The summed E-state index contributed by atoms with van der Waals surface area (Å²) in [6.45, 7) is 16.4. The lowest BCUT2D eigenvalue weighted by atomic mass is 9.89. The van der Waals surface area contributed by atoms with Crippen LogP contribution in [0.3, 0.4) is 0 Å². The third kappa shape index (κ3) is 4.78. The summed E-state index contributed by atoms with van der Waals surface area (Å²) in [6.07, 6.45) is 4.51. The van der Waals surface area contributed by atoms with Crippen LogP contribution >= 0.6 is 0 Å². The number of benzene rings is 3. The van der Waals surface area contributed by atoms with Crippen molar-refractivity contribution in [1.82, 2.24) is 4.90 Å². The molecule has 0 unspecified atom stereocenters. The SMILES string of the molecule is Cc1cc(C)c(O[C@H]2CCc3c(-c4cccc(OCCCN5CCC5(C)C)c4C)cccc32)cc1C. The van der Waals surface area contributed by atoms with Crippen LogP contribution in [0.25, 0.3) is 11.1 Å². The smallest absolute Gasteiger partial charge is 0.124 e. The summed E-state index contributed by atoms with van der Waals surface area (Å²) in [5.74, 6) is 2.01. The first-order valence-corrected chi connectivity index (χ1v) is 13.6. The van der Waals surface area contributed by atoms with Crippen molar-refractivity contribution in [2.24, 2.45) is 0 Å². The van der Waals surface area contributed by atoms with Crippen molar-refractivity contribution in [3.8, 4) is 22.6 Å². The monoisotopic (exact) mass is 483 g/mol. The highest BCUT2D eigenvalue weighted by molar-refractivity contribution is 5.74. The number of hydrogen-bond acceptors (Lipinski definition) is 3. The molecule has 1 aliphatic carbocycles. The van der Waals surface area contributed by atoms with Crippen LogP contribution in [0, 0.1) is 27.7 Å². The number of likely N-dealkylation sites (tertiary alicyclic amines) is 1. The van der Waals surface area contributed by atoms with Gasteiger partial charge >= 0.3 is 0 Å². The van der Waals surface area contributed by atoms with Crippen LogP contribution in [0.1, 0.15) is 72.6 Å². The van der Waals surface area contributed by atoms with Crippen molar-refractivity contribution in [3.05, 3.63) is 81.9 Å². The van der Waals surface area contributed by atoms with Gasteiger partial charge in [0, 0.05) is 18.6 Å². The minimum Gasteiger partial charge on any atom is -0.493 e. The topological polar surface area (TPSA) is 21.7 Å². The third-order valence-electron chi connectivity index (χ3n) is 8.53. The van der Waals surface area contributed by atoms with Crippen LogP contribution in [-0.4, -0.2) is 30.1 Å². The van der Waals surface area contributed by atoms with E-state index in [-0.39, 0.29) is 6.10 Å². The Morgan fingerprint density at radius 2 is 1.64 bits per heavy atom. The Morgan fingerprint density at radius 1 is 0.889 bits per heavy atom. The first kappa shape index (κ1) is 24.9. The molecule has 1 heterocycles. The number of rotatable bonds is 8. The lowest BCUT2D eigenvalue weighted by Crippen LogP contribution is -2.55. The van der Waals surface area contributed by atoms with Crippen LogP contribution in [0.2, 0.25) is 0 Å². The lowest BCUT2D eigenvalue weighted by Gasteiger charge is -2.48. The highest BCUT2D eigenvalue weighted by Gasteiger charge is 2.34. The van der Waals surface area contributed by atoms with Gasteiger partial charge in [0.05, 0.1) is 6.61 Å². The zero-order chi connectivity index (χ0) is 25.4. The van der Waals surface area contributed by atoms with Gasteiger partial charge in [0.15, 0.2) is 0 Å². The Kier molecular flexibility index (Phi) is 6.87. The first-order chi connectivity index (χ1) is 17.2. The third-order valence-corrected chi connectivity index (χ3v) is 8.53. The Morgan fingerprint density at radius 3 is 2.39 bits per heavy atom. The maximum Gasteiger partial charge on any atom is 0.124 e. The molecule has 0 amide bonds. The molecule has 3 nitrogen and oxygen atoms in total. The average Bonchev–Trinajstić information content (AvgIpc) is 3.25. The fraction of sp³-hybridized carbons (Fsp3) is 0.455. The fourth-order valence-corrected chi connectivity index (χ4v) is 5.84. The summed E-state index contributed by atoms with van der Waals surface area (Å²) < 4.78 is 12.9. The second kappa shape index (κ2) is 9.94. The average molecular weight is 484 g/mol. The molecule has 0 bridgehead atoms. The predicted octanol–water partition coefficient (Wildman–Crippen LogP) is 7.91. The van der Waals surface area contributed by atoms with Gasteiger partial charge in [-0.25, -0.2) is 0 Å². The summed E-state index contributed by atoms with van der Waals surface area (Å²) >= 11 is 0. The zero-order valence-electron chi connectivity index (χ0n) is 22.9. The van der Waals surface area contributed by atoms with Crippen molar-refractivity contribution in [2.75, 3.05) is 19.7 Å². The van der Waals surface area contributed by atoms with Gasteiger partial charge in [-0.15, -0.1) is 0 Å². The fourth-order valence-electron chi connectivity index (χ4n) is 5.84. The molecule has 36 heavy (non-hydrogen) atoms. The molecule has 5 rings (SSSR count). The molecule has 0 saturated carbocycles. The lowest BCUT2D eigenvalue weighted by molar-refractivity contribution is 0.0123. The molecule has 3 aromatic carbocycles. The molecule has 0 spiro atoms. The normalized spacial score (nSPS) is 18.6. The van der Waals surface area contributed by atoms with Gasteiger partial charge in [-0.05, 0) is 124 Å². The maximum atomic E-state index is 6.60. The molecule has 190 valence electrons. The van der Waals surface area contributed by atoms with Gasteiger partial charge in [-0.2, -0.15) is 0 Å². The Balaban J connectivity index is 1.32. The summed E-state index contributed by atoms with van der Waals surface area (Å²) in [7, 11) is 0. The molecule has 2 aliphatic rings. The molecule has 1 saturated heterocycles. The van der Waals surface area contributed by atoms with E-state index in [1.54, 1.807) is 0 Å². The molecule has 1 fully saturated rings. The highest BCUT2D eigenvalue weighted by Crippen LogP contribution is 2.42. The van der Waals surface area contributed by atoms with Crippen LogP contribution in [0.5, 0.6) is 11.5 Å². The molecule has 0 aromatic heterocycles. The van der Waals surface area contributed by atoms with E-state index >= 15 is 0 Å². The minimum absolute atomic E-state index is 0.103. The second-order valence-electron chi connectivity index (χ2n) is 11.4. The van der Waals surface area contributed by atoms with Gasteiger partial charge < -0.3 is 9.47 Å². The predicted molar refractivity (Wildman–Crippen MR) is 149 cm³/mol. The quantitative estimate of drug-likeness (QED) is 0.304. The second-order valence-corrected chi connectivity index (χ2v) is 11.4. The van der Waals surface area contributed by atoms with Crippen molar-refractivity contribution in [3.63, 3.8) is 0 Å². The molecule has 3 heteroatoms. The Labute approximate surface area is 217 Å². The van der Waals surface area contributed by atoms with Crippen LogP contribution in [0.15, 0.2) is 48.5 Å². The Bertz CT molecular complexity index is 1260. The van der Waals surface area contributed by atoms with Gasteiger partial charge in [0.25, 0.3) is 0 Å². The summed E-state index contributed by atoms with van der Waals surface area (Å²) in [5, 5.41) is 0. The Hall–Kier alpha value is -2.78. The minimum atomic E-state index is 0.103. The van der Waals surface area contributed by atoms with Crippen LogP contribution in [-0.2, 0) is 6.42 Å². The standard InChI is InChI=1S/C33H41NO2/c1-22-20-24(3)32(21-23(22)2)36-31-15-14-28-27(11-7-12-29(28)31)26-10-8-13-30(25(26)4)35-19-9-17-34-18-16-33(34,5)6/h7-8,10-13,20-21,31H,9,14-19H2,1-6H3/t31-/m0/s1. The summed E-state index contributed by atoms with van der Waals surface area (Å²) in [5.41, 5.74) is 10.7. The molecule has 3 aromatic rings.